The zero-order valence-corrected chi connectivity index (χ0v) is 17.2. The van der Waals surface area contributed by atoms with Crippen LogP contribution in [0.1, 0.15) is 27.6 Å². The van der Waals surface area contributed by atoms with E-state index in [0.717, 1.165) is 0 Å². The highest BCUT2D eigenvalue weighted by Crippen LogP contribution is 2.33. The van der Waals surface area contributed by atoms with Gasteiger partial charge in [-0.15, -0.1) is 0 Å². The van der Waals surface area contributed by atoms with E-state index in [9.17, 15) is 14.4 Å². The largest absolute Gasteiger partial charge is 0.493 e. The zero-order valence-electron chi connectivity index (χ0n) is 17.2. The molecule has 2 rings (SSSR count). The predicted octanol–water partition coefficient (Wildman–Crippen LogP) is 2.72. The molecule has 0 unspecified atom stereocenters. The summed E-state index contributed by atoms with van der Waals surface area (Å²) in [7, 11) is 4.15. The van der Waals surface area contributed by atoms with Crippen LogP contribution in [0.2, 0.25) is 0 Å². The van der Waals surface area contributed by atoms with Gasteiger partial charge < -0.3 is 29.6 Å². The summed E-state index contributed by atoms with van der Waals surface area (Å²) in [4.78, 5) is 36.6. The normalized spacial score (nSPS) is 10.0. The molecular weight excluding hydrogens is 392 g/mol. The minimum atomic E-state index is -0.605. The molecule has 0 saturated heterocycles. The second-order valence-corrected chi connectivity index (χ2v) is 5.91. The first-order chi connectivity index (χ1) is 14.4. The van der Waals surface area contributed by atoms with Crippen molar-refractivity contribution in [2.75, 3.05) is 45.1 Å². The number of ether oxygens (including phenoxy) is 4. The van der Waals surface area contributed by atoms with Crippen molar-refractivity contribution >= 4 is 29.2 Å². The van der Waals surface area contributed by atoms with Crippen LogP contribution >= 0.6 is 0 Å². The third kappa shape index (κ3) is 5.40. The molecule has 0 atom stereocenters. The van der Waals surface area contributed by atoms with Crippen molar-refractivity contribution in [1.29, 1.82) is 0 Å². The van der Waals surface area contributed by atoms with Crippen molar-refractivity contribution in [3.63, 3.8) is 0 Å². The fourth-order valence-corrected chi connectivity index (χ4v) is 2.65. The van der Waals surface area contributed by atoms with E-state index in [2.05, 4.69) is 10.6 Å². The minimum Gasteiger partial charge on any atom is -0.493 e. The van der Waals surface area contributed by atoms with Gasteiger partial charge in [-0.3, -0.25) is 4.79 Å². The van der Waals surface area contributed by atoms with E-state index in [1.807, 2.05) is 0 Å². The standard InChI is InChI=1S/C21H24N2O7/c1-5-30-21(26)13-8-6-7-9-15(13)23-19(24)12-22-16-11-18(28-3)17(27-2)10-14(16)20(25)29-4/h6-11,22H,5,12H2,1-4H3,(H,23,24). The van der Waals surface area contributed by atoms with Crippen LogP contribution < -0.4 is 20.1 Å². The average molecular weight is 416 g/mol. The highest BCUT2D eigenvalue weighted by molar-refractivity contribution is 6.03. The lowest BCUT2D eigenvalue weighted by molar-refractivity contribution is -0.114. The number of esters is 2. The smallest absolute Gasteiger partial charge is 0.340 e. The monoisotopic (exact) mass is 416 g/mol. The maximum absolute atomic E-state index is 12.4. The molecule has 9 heteroatoms. The molecule has 2 aromatic carbocycles. The first-order valence-electron chi connectivity index (χ1n) is 9.09. The molecule has 0 aromatic heterocycles. The third-order valence-electron chi connectivity index (χ3n) is 4.06. The van der Waals surface area contributed by atoms with Gasteiger partial charge in [0.15, 0.2) is 11.5 Å². The molecule has 30 heavy (non-hydrogen) atoms. The van der Waals surface area contributed by atoms with E-state index in [1.54, 1.807) is 31.2 Å². The van der Waals surface area contributed by atoms with Gasteiger partial charge in [0.25, 0.3) is 0 Å². The van der Waals surface area contributed by atoms with Crippen molar-refractivity contribution in [3.05, 3.63) is 47.5 Å². The summed E-state index contributed by atoms with van der Waals surface area (Å²) in [6.07, 6.45) is 0. The summed E-state index contributed by atoms with van der Waals surface area (Å²) in [5.74, 6) is -0.852. The Balaban J connectivity index is 2.19. The van der Waals surface area contributed by atoms with Crippen LogP contribution in [0.4, 0.5) is 11.4 Å². The summed E-state index contributed by atoms with van der Waals surface area (Å²) in [5, 5.41) is 5.54. The molecule has 0 bridgehead atoms. The quantitative estimate of drug-likeness (QED) is 0.600. The molecule has 0 aliphatic rings. The fraction of sp³-hybridized carbons (Fsp3) is 0.286. The van der Waals surface area contributed by atoms with Crippen LogP contribution in [0.5, 0.6) is 11.5 Å². The topological polar surface area (TPSA) is 112 Å². The molecule has 9 nitrogen and oxygen atoms in total. The molecule has 160 valence electrons. The Morgan fingerprint density at radius 3 is 2.17 bits per heavy atom. The number of nitrogens with one attached hydrogen (secondary N) is 2. The van der Waals surface area contributed by atoms with Crippen LogP contribution in [0, 0.1) is 0 Å². The van der Waals surface area contributed by atoms with Crippen LogP contribution in [-0.4, -0.2) is 52.3 Å². The molecule has 2 aromatic rings. The maximum atomic E-state index is 12.4. The molecule has 0 aliphatic heterocycles. The number of rotatable bonds is 9. The van der Waals surface area contributed by atoms with Crippen molar-refractivity contribution in [2.45, 2.75) is 6.92 Å². The lowest BCUT2D eigenvalue weighted by Crippen LogP contribution is -2.24. The van der Waals surface area contributed by atoms with E-state index in [4.69, 9.17) is 18.9 Å². The fourth-order valence-electron chi connectivity index (χ4n) is 2.65. The second kappa shape index (κ2) is 10.7. The Bertz CT molecular complexity index is 928. The highest BCUT2D eigenvalue weighted by atomic mass is 16.5. The van der Waals surface area contributed by atoms with Gasteiger partial charge in [-0.05, 0) is 19.1 Å². The Morgan fingerprint density at radius 1 is 0.867 bits per heavy atom. The first-order valence-corrected chi connectivity index (χ1v) is 9.09. The summed E-state index contributed by atoms with van der Waals surface area (Å²) in [6, 6.07) is 9.51. The van der Waals surface area contributed by atoms with Gasteiger partial charge in [0.1, 0.15) is 0 Å². The number of amides is 1. The number of hydrogen-bond donors (Lipinski definition) is 2. The Labute approximate surface area is 174 Å². The molecule has 0 fully saturated rings. The number of benzene rings is 2. The van der Waals surface area contributed by atoms with E-state index in [-0.39, 0.29) is 24.3 Å². The van der Waals surface area contributed by atoms with Gasteiger partial charge in [-0.25, -0.2) is 9.59 Å². The number of para-hydroxylation sites is 1. The molecule has 1 amide bonds. The van der Waals surface area contributed by atoms with Gasteiger partial charge in [-0.2, -0.15) is 0 Å². The van der Waals surface area contributed by atoms with Crippen molar-refractivity contribution < 1.29 is 33.3 Å². The SMILES string of the molecule is CCOC(=O)c1ccccc1NC(=O)CNc1cc(OC)c(OC)cc1C(=O)OC. The number of hydrogen-bond acceptors (Lipinski definition) is 8. The summed E-state index contributed by atoms with van der Waals surface area (Å²) < 4.78 is 20.2. The van der Waals surface area contributed by atoms with Crippen LogP contribution in [0.15, 0.2) is 36.4 Å². The lowest BCUT2D eigenvalue weighted by Gasteiger charge is -2.15. The van der Waals surface area contributed by atoms with E-state index in [0.29, 0.717) is 22.9 Å². The summed E-state index contributed by atoms with van der Waals surface area (Å²) >= 11 is 0. The van der Waals surface area contributed by atoms with Crippen LogP contribution in [0.25, 0.3) is 0 Å². The number of carbonyl (C=O) groups excluding carboxylic acids is 3. The van der Waals surface area contributed by atoms with Crippen LogP contribution in [-0.2, 0) is 14.3 Å². The van der Waals surface area contributed by atoms with Crippen molar-refractivity contribution in [3.8, 4) is 11.5 Å². The second-order valence-electron chi connectivity index (χ2n) is 5.91. The Morgan fingerprint density at radius 2 is 1.53 bits per heavy atom. The number of methoxy groups -OCH3 is 3. The molecule has 0 radical (unpaired) electrons. The van der Waals surface area contributed by atoms with Gasteiger partial charge in [0.05, 0.1) is 57.0 Å². The Hall–Kier alpha value is -3.75. The van der Waals surface area contributed by atoms with Crippen LogP contribution in [0.3, 0.4) is 0 Å². The van der Waals surface area contributed by atoms with E-state index in [1.165, 1.54) is 33.5 Å². The Kier molecular flexibility index (Phi) is 8.04. The molecule has 0 aliphatic carbocycles. The molecule has 2 N–H and O–H groups in total. The van der Waals surface area contributed by atoms with Gasteiger partial charge in [-0.1, -0.05) is 12.1 Å². The number of anilines is 2. The average Bonchev–Trinajstić information content (AvgIpc) is 2.76. The van der Waals surface area contributed by atoms with E-state index >= 15 is 0 Å². The van der Waals surface area contributed by atoms with Gasteiger partial charge >= 0.3 is 11.9 Å². The first kappa shape index (κ1) is 22.5. The van der Waals surface area contributed by atoms with Gasteiger partial charge in [0, 0.05) is 12.1 Å². The molecule has 0 spiro atoms. The molecule has 0 heterocycles. The number of carbonyl (C=O) groups is 3. The van der Waals surface area contributed by atoms with Crippen molar-refractivity contribution in [2.24, 2.45) is 0 Å². The summed E-state index contributed by atoms with van der Waals surface area (Å²) in [6.45, 7) is 1.74. The van der Waals surface area contributed by atoms with E-state index < -0.39 is 17.8 Å². The minimum absolute atomic E-state index is 0.176. The summed E-state index contributed by atoms with van der Waals surface area (Å²) in [5.41, 5.74) is 1.07. The maximum Gasteiger partial charge on any atom is 0.340 e. The zero-order chi connectivity index (χ0) is 22.1. The molecular formula is C21H24N2O7. The predicted molar refractivity (Wildman–Crippen MR) is 110 cm³/mol. The van der Waals surface area contributed by atoms with Gasteiger partial charge in [0.2, 0.25) is 5.91 Å². The lowest BCUT2D eigenvalue weighted by atomic mass is 10.1. The third-order valence-corrected chi connectivity index (χ3v) is 4.06. The molecule has 0 saturated carbocycles. The highest BCUT2D eigenvalue weighted by Gasteiger charge is 2.19. The van der Waals surface area contributed by atoms with Crippen molar-refractivity contribution in [1.82, 2.24) is 0 Å².